The molecule has 1 aromatic carbocycles. The summed E-state index contributed by atoms with van der Waals surface area (Å²) in [5.74, 6) is -0.0261. The van der Waals surface area contributed by atoms with Crippen LogP contribution in [0, 0.1) is 0 Å². The molecule has 2 rings (SSSR count). The highest BCUT2D eigenvalue weighted by Gasteiger charge is 2.15. The predicted octanol–water partition coefficient (Wildman–Crippen LogP) is 1.05. The van der Waals surface area contributed by atoms with E-state index >= 15 is 0 Å². The molecule has 8 heteroatoms. The summed E-state index contributed by atoms with van der Waals surface area (Å²) in [7, 11) is 0. The summed E-state index contributed by atoms with van der Waals surface area (Å²) in [5, 5.41) is 25.3. The Bertz CT molecular complexity index is 557. The van der Waals surface area contributed by atoms with E-state index in [4.69, 9.17) is 11.6 Å². The van der Waals surface area contributed by atoms with Gasteiger partial charge in [-0.3, -0.25) is 4.79 Å². The average Bonchev–Trinajstić information content (AvgIpc) is 2.86. The average molecular weight is 268 g/mol. The van der Waals surface area contributed by atoms with Crippen LogP contribution in [0.2, 0.25) is 5.02 Å². The van der Waals surface area contributed by atoms with E-state index in [1.165, 1.54) is 18.2 Å². The van der Waals surface area contributed by atoms with Gasteiger partial charge in [0.2, 0.25) is 0 Å². The van der Waals surface area contributed by atoms with Crippen molar-refractivity contribution in [1.29, 1.82) is 0 Å². The minimum atomic E-state index is -0.385. The zero-order valence-corrected chi connectivity index (χ0v) is 10.1. The van der Waals surface area contributed by atoms with Crippen molar-refractivity contribution in [2.45, 2.75) is 13.0 Å². The number of tetrazole rings is 1. The quantitative estimate of drug-likeness (QED) is 0.771. The van der Waals surface area contributed by atoms with Crippen molar-refractivity contribution in [3.8, 4) is 5.75 Å². The third-order valence-corrected chi connectivity index (χ3v) is 2.61. The van der Waals surface area contributed by atoms with E-state index in [1.807, 2.05) is 0 Å². The second-order valence-corrected chi connectivity index (χ2v) is 4.04. The van der Waals surface area contributed by atoms with Gasteiger partial charge >= 0.3 is 0 Å². The van der Waals surface area contributed by atoms with Crippen LogP contribution in [-0.2, 0) is 0 Å². The standard InChI is InChI=1S/C10H10ClN5O2/c1-5(9-13-15-16-14-9)12-10(18)6-2-3-8(17)7(11)4-6/h2-5,17H,1H3,(H,12,18)(H,13,14,15,16). The lowest BCUT2D eigenvalue weighted by atomic mass is 10.2. The van der Waals surface area contributed by atoms with Gasteiger partial charge < -0.3 is 10.4 Å². The summed E-state index contributed by atoms with van der Waals surface area (Å²) < 4.78 is 0. The first-order valence-electron chi connectivity index (χ1n) is 5.10. The SMILES string of the molecule is CC(NC(=O)c1ccc(O)c(Cl)c1)c1nn[nH]n1. The highest BCUT2D eigenvalue weighted by molar-refractivity contribution is 6.32. The molecule has 18 heavy (non-hydrogen) atoms. The van der Waals surface area contributed by atoms with Gasteiger partial charge in [0.25, 0.3) is 5.91 Å². The van der Waals surface area contributed by atoms with E-state index in [2.05, 4.69) is 25.9 Å². The molecule has 0 saturated heterocycles. The van der Waals surface area contributed by atoms with E-state index in [9.17, 15) is 9.90 Å². The zero-order valence-electron chi connectivity index (χ0n) is 9.38. The molecule has 0 saturated carbocycles. The second-order valence-electron chi connectivity index (χ2n) is 3.63. The van der Waals surface area contributed by atoms with Crippen LogP contribution in [0.5, 0.6) is 5.75 Å². The van der Waals surface area contributed by atoms with E-state index in [1.54, 1.807) is 6.92 Å². The lowest BCUT2D eigenvalue weighted by molar-refractivity contribution is 0.0938. The molecule has 94 valence electrons. The molecule has 0 bridgehead atoms. The van der Waals surface area contributed by atoms with Gasteiger partial charge in [-0.1, -0.05) is 16.8 Å². The number of aromatic hydroxyl groups is 1. The van der Waals surface area contributed by atoms with Crippen LogP contribution in [0.25, 0.3) is 0 Å². The highest BCUT2D eigenvalue weighted by atomic mass is 35.5. The number of H-pyrrole nitrogens is 1. The van der Waals surface area contributed by atoms with Crippen LogP contribution >= 0.6 is 11.6 Å². The van der Waals surface area contributed by atoms with Crippen LogP contribution in [0.1, 0.15) is 29.1 Å². The first-order valence-corrected chi connectivity index (χ1v) is 5.48. The number of nitrogens with one attached hydrogen (secondary N) is 2. The van der Waals surface area contributed by atoms with Crippen molar-refractivity contribution in [1.82, 2.24) is 25.9 Å². The molecule has 1 aromatic heterocycles. The number of hydrogen-bond acceptors (Lipinski definition) is 5. The number of benzene rings is 1. The van der Waals surface area contributed by atoms with Gasteiger partial charge in [0.15, 0.2) is 5.82 Å². The number of aromatic amines is 1. The molecule has 7 nitrogen and oxygen atoms in total. The Hall–Kier alpha value is -2.15. The van der Waals surface area contributed by atoms with Gasteiger partial charge in [-0.25, -0.2) is 0 Å². The number of carbonyl (C=O) groups excluding carboxylic acids is 1. The molecule has 0 aliphatic carbocycles. The van der Waals surface area contributed by atoms with E-state index < -0.39 is 0 Å². The fourth-order valence-corrected chi connectivity index (χ4v) is 1.53. The fourth-order valence-electron chi connectivity index (χ4n) is 1.35. The highest BCUT2D eigenvalue weighted by Crippen LogP contribution is 2.23. The first kappa shape index (κ1) is 12.3. The van der Waals surface area contributed by atoms with Gasteiger partial charge in [0, 0.05) is 5.56 Å². The molecule has 1 unspecified atom stereocenters. The number of hydrogen-bond donors (Lipinski definition) is 3. The Morgan fingerprint density at radius 3 is 2.94 bits per heavy atom. The molecule has 0 radical (unpaired) electrons. The number of rotatable bonds is 3. The Morgan fingerprint density at radius 2 is 2.33 bits per heavy atom. The Morgan fingerprint density at radius 1 is 1.56 bits per heavy atom. The van der Waals surface area contributed by atoms with Gasteiger partial charge in [-0.05, 0) is 25.1 Å². The summed E-state index contributed by atoms with van der Waals surface area (Å²) in [6, 6.07) is 3.83. The van der Waals surface area contributed by atoms with E-state index in [0.29, 0.717) is 11.4 Å². The molecule has 1 atom stereocenters. The van der Waals surface area contributed by atoms with Gasteiger partial charge in [-0.2, -0.15) is 5.21 Å². The maximum absolute atomic E-state index is 11.9. The largest absolute Gasteiger partial charge is 0.506 e. The van der Waals surface area contributed by atoms with Crippen molar-refractivity contribution in [2.75, 3.05) is 0 Å². The third-order valence-electron chi connectivity index (χ3n) is 2.31. The maximum atomic E-state index is 11.9. The molecule has 0 fully saturated rings. The molecule has 0 aliphatic heterocycles. The lowest BCUT2D eigenvalue weighted by Gasteiger charge is -2.10. The second kappa shape index (κ2) is 5.01. The minimum absolute atomic E-state index is 0.0700. The van der Waals surface area contributed by atoms with Gasteiger partial charge in [0.1, 0.15) is 5.75 Å². The number of carbonyl (C=O) groups is 1. The van der Waals surface area contributed by atoms with E-state index in [0.717, 1.165) is 0 Å². The topological polar surface area (TPSA) is 104 Å². The summed E-state index contributed by atoms with van der Waals surface area (Å²) >= 11 is 5.72. The molecule has 1 amide bonds. The fraction of sp³-hybridized carbons (Fsp3) is 0.200. The molecular formula is C10H10ClN5O2. The number of phenolic OH excluding ortho intramolecular Hbond substituents is 1. The molecule has 1 heterocycles. The number of phenols is 1. The predicted molar refractivity (Wildman–Crippen MR) is 63.2 cm³/mol. The molecule has 0 spiro atoms. The van der Waals surface area contributed by atoms with Crippen molar-refractivity contribution in [2.24, 2.45) is 0 Å². The molecule has 2 aromatic rings. The monoisotopic (exact) mass is 267 g/mol. The lowest BCUT2D eigenvalue weighted by Crippen LogP contribution is -2.27. The van der Waals surface area contributed by atoms with Crippen molar-refractivity contribution < 1.29 is 9.90 Å². The van der Waals surface area contributed by atoms with Crippen molar-refractivity contribution >= 4 is 17.5 Å². The van der Waals surface area contributed by atoms with Crippen molar-refractivity contribution in [3.63, 3.8) is 0 Å². The number of amides is 1. The Kier molecular flexibility index (Phi) is 3.42. The van der Waals surface area contributed by atoms with E-state index in [-0.39, 0.29) is 22.7 Å². The first-order chi connectivity index (χ1) is 8.58. The smallest absolute Gasteiger partial charge is 0.251 e. The minimum Gasteiger partial charge on any atom is -0.506 e. The van der Waals surface area contributed by atoms with Crippen LogP contribution in [0.3, 0.4) is 0 Å². The van der Waals surface area contributed by atoms with Crippen LogP contribution in [0.15, 0.2) is 18.2 Å². The summed E-state index contributed by atoms with van der Waals surface area (Å²) in [5.41, 5.74) is 0.341. The summed E-state index contributed by atoms with van der Waals surface area (Å²) in [6.07, 6.45) is 0. The Labute approximate surface area is 107 Å². The van der Waals surface area contributed by atoms with Gasteiger partial charge in [0.05, 0.1) is 11.1 Å². The summed E-state index contributed by atoms with van der Waals surface area (Å²) in [4.78, 5) is 11.9. The zero-order chi connectivity index (χ0) is 13.1. The Balaban J connectivity index is 2.10. The van der Waals surface area contributed by atoms with Crippen LogP contribution < -0.4 is 5.32 Å². The normalized spacial score (nSPS) is 12.1. The molecule has 3 N–H and O–H groups in total. The number of aromatic nitrogens is 4. The number of halogens is 1. The van der Waals surface area contributed by atoms with Crippen LogP contribution in [-0.4, -0.2) is 31.6 Å². The summed E-state index contributed by atoms with van der Waals surface area (Å²) in [6.45, 7) is 1.73. The molecular weight excluding hydrogens is 258 g/mol. The van der Waals surface area contributed by atoms with Crippen molar-refractivity contribution in [3.05, 3.63) is 34.6 Å². The van der Waals surface area contributed by atoms with Gasteiger partial charge in [-0.15, -0.1) is 10.2 Å². The van der Waals surface area contributed by atoms with Crippen LogP contribution in [0.4, 0.5) is 0 Å². The number of nitrogens with zero attached hydrogens (tertiary/aromatic N) is 3. The third kappa shape index (κ3) is 2.57. The maximum Gasteiger partial charge on any atom is 0.251 e. The molecule has 0 aliphatic rings.